The molecule has 1 amide bonds. The van der Waals surface area contributed by atoms with Gasteiger partial charge in [0, 0.05) is 39.3 Å². The van der Waals surface area contributed by atoms with E-state index in [-0.39, 0.29) is 10.8 Å². The van der Waals surface area contributed by atoms with Crippen molar-refractivity contribution in [1.29, 1.82) is 0 Å². The number of likely N-dealkylation sites (N-methyl/N-ethyl adjacent to an activating group) is 1. The second-order valence-electron chi connectivity index (χ2n) is 7.68. The maximum Gasteiger partial charge on any atom is 0.257 e. The number of hydrogen-bond donors (Lipinski definition) is 0. The van der Waals surface area contributed by atoms with Crippen LogP contribution in [0.4, 0.5) is 0 Å². The topological polar surface area (TPSA) is 70.2 Å². The summed E-state index contributed by atoms with van der Waals surface area (Å²) in [6, 6.07) is 4.62. The third-order valence-corrected chi connectivity index (χ3v) is 7.78. The van der Waals surface area contributed by atoms with E-state index in [1.807, 2.05) is 0 Å². The van der Waals surface area contributed by atoms with Gasteiger partial charge in [-0.1, -0.05) is 13.8 Å². The molecule has 0 atom stereocenters. The van der Waals surface area contributed by atoms with Crippen molar-refractivity contribution in [2.45, 2.75) is 31.6 Å². The van der Waals surface area contributed by atoms with Gasteiger partial charge < -0.3 is 14.5 Å². The SMILES string of the molecule is CCN1CCN(C(=O)c2cc(S(=O)(=O)N3CCC(C)CC3)ccc2OC)CC1. The molecule has 0 aromatic heterocycles. The van der Waals surface area contributed by atoms with E-state index in [9.17, 15) is 13.2 Å². The molecule has 7 nitrogen and oxygen atoms in total. The van der Waals surface area contributed by atoms with Gasteiger partial charge in [-0.3, -0.25) is 4.79 Å². The number of hydrogen-bond acceptors (Lipinski definition) is 5. The van der Waals surface area contributed by atoms with Gasteiger partial charge in [0.05, 0.1) is 17.6 Å². The van der Waals surface area contributed by atoms with E-state index in [1.165, 1.54) is 23.5 Å². The molecular weight excluding hydrogens is 378 g/mol. The largest absolute Gasteiger partial charge is 0.496 e. The van der Waals surface area contributed by atoms with Crippen LogP contribution in [0.15, 0.2) is 23.1 Å². The van der Waals surface area contributed by atoms with Gasteiger partial charge in [-0.15, -0.1) is 0 Å². The molecule has 2 fully saturated rings. The highest BCUT2D eigenvalue weighted by atomic mass is 32.2. The molecule has 0 N–H and O–H groups in total. The summed E-state index contributed by atoms with van der Waals surface area (Å²) in [6.45, 7) is 9.20. The summed E-state index contributed by atoms with van der Waals surface area (Å²) < 4.78 is 33.1. The first-order chi connectivity index (χ1) is 13.4. The molecular formula is C20H31N3O4S. The van der Waals surface area contributed by atoms with Crippen LogP contribution in [-0.2, 0) is 10.0 Å². The Bertz CT molecular complexity index is 796. The highest BCUT2D eigenvalue weighted by Crippen LogP contribution is 2.28. The number of methoxy groups -OCH3 is 1. The van der Waals surface area contributed by atoms with Gasteiger partial charge in [0.25, 0.3) is 5.91 Å². The smallest absolute Gasteiger partial charge is 0.257 e. The minimum absolute atomic E-state index is 0.165. The van der Waals surface area contributed by atoms with Crippen LogP contribution in [0.3, 0.4) is 0 Å². The first-order valence-corrected chi connectivity index (χ1v) is 11.5. The molecule has 1 aromatic carbocycles. The van der Waals surface area contributed by atoms with Gasteiger partial charge in [0.2, 0.25) is 10.0 Å². The molecule has 2 aliphatic rings. The predicted octanol–water partition coefficient (Wildman–Crippen LogP) is 1.89. The Kier molecular flexibility index (Phi) is 6.62. The van der Waals surface area contributed by atoms with E-state index in [2.05, 4.69) is 18.7 Å². The molecule has 2 aliphatic heterocycles. The Hall–Kier alpha value is -1.64. The van der Waals surface area contributed by atoms with Crippen molar-refractivity contribution in [3.63, 3.8) is 0 Å². The summed E-state index contributed by atoms with van der Waals surface area (Å²) in [5.74, 6) is 0.785. The van der Waals surface area contributed by atoms with Crippen molar-refractivity contribution in [1.82, 2.24) is 14.1 Å². The lowest BCUT2D eigenvalue weighted by atomic mass is 10.0. The summed E-state index contributed by atoms with van der Waals surface area (Å²) in [5.41, 5.74) is 0.318. The number of carbonyl (C=O) groups excluding carboxylic acids is 1. The third-order valence-electron chi connectivity index (χ3n) is 5.89. The molecule has 0 radical (unpaired) electrons. The van der Waals surface area contributed by atoms with Crippen molar-refractivity contribution >= 4 is 15.9 Å². The van der Waals surface area contributed by atoms with E-state index in [1.54, 1.807) is 11.0 Å². The summed E-state index contributed by atoms with van der Waals surface area (Å²) >= 11 is 0. The van der Waals surface area contributed by atoms with Crippen LogP contribution in [-0.4, -0.2) is 81.4 Å². The number of ether oxygens (including phenoxy) is 1. The maximum atomic E-state index is 13.1. The lowest BCUT2D eigenvalue weighted by Crippen LogP contribution is -2.48. The molecule has 8 heteroatoms. The van der Waals surface area contributed by atoms with Crippen LogP contribution in [0.1, 0.15) is 37.0 Å². The second kappa shape index (κ2) is 8.80. The minimum atomic E-state index is -3.61. The normalized spacial score (nSPS) is 20.3. The molecule has 0 aliphatic carbocycles. The molecule has 0 bridgehead atoms. The summed E-state index contributed by atoms with van der Waals surface area (Å²) in [6.07, 6.45) is 1.73. The summed E-state index contributed by atoms with van der Waals surface area (Å²) in [7, 11) is -2.11. The number of sulfonamides is 1. The van der Waals surface area contributed by atoms with Gasteiger partial charge in [0.15, 0.2) is 0 Å². The van der Waals surface area contributed by atoms with Crippen LogP contribution in [0, 0.1) is 5.92 Å². The van der Waals surface area contributed by atoms with Crippen molar-refractivity contribution in [3.05, 3.63) is 23.8 Å². The van der Waals surface area contributed by atoms with E-state index in [0.29, 0.717) is 43.4 Å². The Morgan fingerprint density at radius 3 is 2.32 bits per heavy atom. The Morgan fingerprint density at radius 1 is 1.11 bits per heavy atom. The van der Waals surface area contributed by atoms with E-state index < -0.39 is 10.0 Å². The zero-order chi connectivity index (χ0) is 20.3. The molecule has 0 saturated carbocycles. The van der Waals surface area contributed by atoms with Crippen LogP contribution in [0.5, 0.6) is 5.75 Å². The molecule has 0 spiro atoms. The van der Waals surface area contributed by atoms with Crippen LogP contribution < -0.4 is 4.74 Å². The highest BCUT2D eigenvalue weighted by Gasteiger charge is 2.30. The maximum absolute atomic E-state index is 13.1. The molecule has 2 heterocycles. The standard InChI is InChI=1S/C20H31N3O4S/c1-4-21-11-13-22(14-12-21)20(24)18-15-17(5-6-19(18)27-3)28(25,26)23-9-7-16(2)8-10-23/h5-6,15-16H,4,7-14H2,1-3H3. The molecule has 156 valence electrons. The number of piperidine rings is 1. The predicted molar refractivity (Wildman–Crippen MR) is 108 cm³/mol. The fourth-order valence-corrected chi connectivity index (χ4v) is 5.32. The minimum Gasteiger partial charge on any atom is -0.496 e. The summed E-state index contributed by atoms with van der Waals surface area (Å²) in [5, 5.41) is 0. The lowest BCUT2D eigenvalue weighted by molar-refractivity contribution is 0.0640. The van der Waals surface area contributed by atoms with Gasteiger partial charge in [-0.25, -0.2) is 8.42 Å². The fourth-order valence-electron chi connectivity index (χ4n) is 3.83. The monoisotopic (exact) mass is 409 g/mol. The number of piperazine rings is 1. The molecule has 1 aromatic rings. The fraction of sp³-hybridized carbons (Fsp3) is 0.650. The molecule has 2 saturated heterocycles. The number of carbonyl (C=O) groups is 1. The van der Waals surface area contributed by atoms with E-state index in [4.69, 9.17) is 4.74 Å². The Balaban J connectivity index is 1.85. The van der Waals surface area contributed by atoms with Gasteiger partial charge in [0.1, 0.15) is 5.75 Å². The first-order valence-electron chi connectivity index (χ1n) is 10.1. The second-order valence-corrected chi connectivity index (χ2v) is 9.61. The average molecular weight is 410 g/mol. The highest BCUT2D eigenvalue weighted by molar-refractivity contribution is 7.89. The Labute approximate surface area is 168 Å². The van der Waals surface area contributed by atoms with Gasteiger partial charge in [-0.05, 0) is 43.5 Å². The Morgan fingerprint density at radius 2 is 1.75 bits per heavy atom. The molecule has 0 unspecified atom stereocenters. The number of benzene rings is 1. The van der Waals surface area contributed by atoms with E-state index in [0.717, 1.165) is 32.5 Å². The quantitative estimate of drug-likeness (QED) is 0.743. The molecule has 3 rings (SSSR count). The lowest BCUT2D eigenvalue weighted by Gasteiger charge is -2.34. The first kappa shape index (κ1) is 21.1. The van der Waals surface area contributed by atoms with Crippen molar-refractivity contribution < 1.29 is 17.9 Å². The van der Waals surface area contributed by atoms with Crippen molar-refractivity contribution in [2.75, 3.05) is 52.9 Å². The van der Waals surface area contributed by atoms with Crippen molar-refractivity contribution in [2.24, 2.45) is 5.92 Å². The zero-order valence-corrected chi connectivity index (χ0v) is 17.9. The van der Waals surface area contributed by atoms with Gasteiger partial charge >= 0.3 is 0 Å². The molecule has 28 heavy (non-hydrogen) atoms. The average Bonchev–Trinajstić information content (AvgIpc) is 2.73. The van der Waals surface area contributed by atoms with Crippen molar-refractivity contribution in [3.8, 4) is 5.75 Å². The van der Waals surface area contributed by atoms with Crippen LogP contribution in [0.25, 0.3) is 0 Å². The summed E-state index contributed by atoms with van der Waals surface area (Å²) in [4.78, 5) is 17.3. The van der Waals surface area contributed by atoms with Crippen LogP contribution >= 0.6 is 0 Å². The number of rotatable bonds is 5. The zero-order valence-electron chi connectivity index (χ0n) is 17.1. The van der Waals surface area contributed by atoms with E-state index >= 15 is 0 Å². The number of nitrogens with zero attached hydrogens (tertiary/aromatic N) is 3. The number of amides is 1. The third kappa shape index (κ3) is 4.34. The van der Waals surface area contributed by atoms with Crippen LogP contribution in [0.2, 0.25) is 0 Å². The van der Waals surface area contributed by atoms with Gasteiger partial charge in [-0.2, -0.15) is 4.31 Å².